The van der Waals surface area contributed by atoms with Crippen LogP contribution in [0, 0.1) is 5.92 Å². The number of aryl methyl sites for hydroxylation is 1. The molecule has 6 rings (SSSR count). The molecule has 2 fully saturated rings. The highest BCUT2D eigenvalue weighted by Gasteiger charge is 2.50. The van der Waals surface area contributed by atoms with Crippen molar-refractivity contribution in [1.29, 1.82) is 0 Å². The van der Waals surface area contributed by atoms with E-state index < -0.39 is 17.6 Å². The lowest BCUT2D eigenvalue weighted by molar-refractivity contribution is -0.137. The molecule has 8 nitrogen and oxygen atoms in total. The number of fused-ring (bicyclic) bond motifs is 2. The van der Waals surface area contributed by atoms with Crippen LogP contribution in [-0.4, -0.2) is 47.9 Å². The second-order valence-corrected chi connectivity index (χ2v) is 9.20. The van der Waals surface area contributed by atoms with Crippen LogP contribution < -0.4 is 5.73 Å². The van der Waals surface area contributed by atoms with Crippen molar-refractivity contribution in [2.75, 3.05) is 18.8 Å². The lowest BCUT2D eigenvalue weighted by Crippen LogP contribution is -2.33. The van der Waals surface area contributed by atoms with Crippen LogP contribution in [0.2, 0.25) is 0 Å². The number of alkyl halides is 3. The van der Waals surface area contributed by atoms with Gasteiger partial charge in [-0.1, -0.05) is 0 Å². The smallest absolute Gasteiger partial charge is 0.383 e. The van der Waals surface area contributed by atoms with E-state index in [2.05, 4.69) is 30.2 Å². The van der Waals surface area contributed by atoms with Crippen LogP contribution in [0.4, 0.5) is 19.0 Å². The van der Waals surface area contributed by atoms with E-state index in [1.54, 1.807) is 6.33 Å². The maximum absolute atomic E-state index is 13.3. The molecule has 32 heavy (non-hydrogen) atoms. The standard InChI is InChI=1S/C21H23F3N8/c22-21(23,24)14-7-13(9-26-18(14)25)15-8-16-20(4-6-32(16)30-15)3-5-31(10-20)17(12-1-2-12)19-27-11-28-29-19/h7-9,11-12,17H,1-6,10H2,(H2,25,26)(H,27,28,29)/t17?,20-/m1/s1. The molecule has 2 aliphatic heterocycles. The number of H-pyrrole nitrogens is 1. The van der Waals surface area contributed by atoms with Gasteiger partial charge in [0.15, 0.2) is 0 Å². The van der Waals surface area contributed by atoms with Crippen molar-refractivity contribution in [3.05, 3.63) is 41.7 Å². The largest absolute Gasteiger partial charge is 0.419 e. The van der Waals surface area contributed by atoms with Crippen LogP contribution in [0.25, 0.3) is 11.3 Å². The summed E-state index contributed by atoms with van der Waals surface area (Å²) in [6.07, 6.45) is 2.73. The molecule has 3 aliphatic rings. The summed E-state index contributed by atoms with van der Waals surface area (Å²) in [4.78, 5) is 10.7. The number of hydrogen-bond donors (Lipinski definition) is 2. The number of nitrogen functional groups attached to an aromatic ring is 1. The molecule has 3 N–H and O–H groups in total. The molecule has 3 aromatic heterocycles. The number of likely N-dealkylation sites (tertiary alicyclic amines) is 1. The number of hydrogen-bond acceptors (Lipinski definition) is 6. The lowest BCUT2D eigenvalue weighted by Gasteiger charge is -2.28. The monoisotopic (exact) mass is 444 g/mol. The van der Waals surface area contributed by atoms with Gasteiger partial charge in [-0.25, -0.2) is 9.97 Å². The van der Waals surface area contributed by atoms with Crippen LogP contribution in [0.1, 0.15) is 48.8 Å². The second-order valence-electron chi connectivity index (χ2n) is 9.20. The van der Waals surface area contributed by atoms with Crippen LogP contribution in [-0.2, 0) is 18.1 Å². The summed E-state index contributed by atoms with van der Waals surface area (Å²) in [5.74, 6) is 1.00. The zero-order chi connectivity index (χ0) is 22.1. The van der Waals surface area contributed by atoms with E-state index in [0.29, 0.717) is 17.2 Å². The van der Waals surface area contributed by atoms with E-state index in [-0.39, 0.29) is 11.5 Å². The van der Waals surface area contributed by atoms with Gasteiger partial charge in [-0.05, 0) is 50.3 Å². The summed E-state index contributed by atoms with van der Waals surface area (Å²) >= 11 is 0. The molecule has 168 valence electrons. The zero-order valence-electron chi connectivity index (χ0n) is 17.3. The van der Waals surface area contributed by atoms with Crippen molar-refractivity contribution in [2.24, 2.45) is 5.92 Å². The first-order chi connectivity index (χ1) is 15.3. The second kappa shape index (κ2) is 6.77. The molecule has 1 saturated carbocycles. The van der Waals surface area contributed by atoms with Crippen molar-refractivity contribution in [3.63, 3.8) is 0 Å². The number of anilines is 1. The number of pyridine rings is 1. The molecule has 3 aromatic rings. The van der Waals surface area contributed by atoms with Gasteiger partial charge in [-0.15, -0.1) is 0 Å². The summed E-state index contributed by atoms with van der Waals surface area (Å²) in [7, 11) is 0. The van der Waals surface area contributed by atoms with Crippen LogP contribution >= 0.6 is 0 Å². The number of aromatic nitrogens is 6. The third-order valence-corrected chi connectivity index (χ3v) is 7.20. The SMILES string of the molecule is Nc1ncc(-c2cc3n(n2)CC[C@@]32CCN(C(c3ncn[nH]3)C3CC3)C2)cc1C(F)(F)F. The van der Waals surface area contributed by atoms with E-state index in [9.17, 15) is 13.2 Å². The van der Waals surface area contributed by atoms with Crippen molar-refractivity contribution in [1.82, 2.24) is 34.8 Å². The molecule has 1 saturated heterocycles. The molecular formula is C21H23F3N8. The Morgan fingerprint density at radius 1 is 1.16 bits per heavy atom. The molecule has 11 heteroatoms. The minimum Gasteiger partial charge on any atom is -0.383 e. The average molecular weight is 444 g/mol. The van der Waals surface area contributed by atoms with Crippen molar-refractivity contribution in [2.45, 2.75) is 49.9 Å². The highest BCUT2D eigenvalue weighted by Crippen LogP contribution is 2.50. The zero-order valence-corrected chi connectivity index (χ0v) is 17.3. The number of rotatable bonds is 4. The molecule has 5 heterocycles. The Labute approximate surface area is 182 Å². The van der Waals surface area contributed by atoms with Gasteiger partial charge in [-0.3, -0.25) is 14.7 Å². The maximum atomic E-state index is 13.3. The van der Waals surface area contributed by atoms with Gasteiger partial charge in [0, 0.05) is 36.0 Å². The Bertz CT molecular complexity index is 1150. The Hall–Kier alpha value is -2.95. The summed E-state index contributed by atoms with van der Waals surface area (Å²) in [5, 5.41) is 11.7. The summed E-state index contributed by atoms with van der Waals surface area (Å²) < 4.78 is 41.8. The lowest BCUT2D eigenvalue weighted by atomic mass is 9.82. The number of nitrogens with two attached hydrogens (primary N) is 1. The molecule has 0 aromatic carbocycles. The first-order valence-electron chi connectivity index (χ1n) is 10.8. The number of nitrogens with zero attached hydrogens (tertiary/aromatic N) is 6. The fourth-order valence-electron chi connectivity index (χ4n) is 5.46. The van der Waals surface area contributed by atoms with Crippen molar-refractivity contribution in [3.8, 4) is 11.3 Å². The Morgan fingerprint density at radius 2 is 1.97 bits per heavy atom. The third-order valence-electron chi connectivity index (χ3n) is 7.20. The quantitative estimate of drug-likeness (QED) is 0.641. The topological polar surface area (TPSA) is 102 Å². The third kappa shape index (κ3) is 3.09. The summed E-state index contributed by atoms with van der Waals surface area (Å²) in [6.45, 7) is 2.59. The van der Waals surface area contributed by atoms with Gasteiger partial charge in [0.05, 0.1) is 17.3 Å². The van der Waals surface area contributed by atoms with E-state index in [1.807, 2.05) is 10.7 Å². The molecule has 0 bridgehead atoms. The fourth-order valence-corrected chi connectivity index (χ4v) is 5.46. The van der Waals surface area contributed by atoms with Gasteiger partial charge < -0.3 is 5.73 Å². The van der Waals surface area contributed by atoms with E-state index in [4.69, 9.17) is 5.73 Å². The van der Waals surface area contributed by atoms with E-state index >= 15 is 0 Å². The Balaban J connectivity index is 1.30. The Kier molecular flexibility index (Phi) is 4.17. The van der Waals surface area contributed by atoms with E-state index in [0.717, 1.165) is 50.1 Å². The highest BCUT2D eigenvalue weighted by atomic mass is 19.4. The molecular weight excluding hydrogens is 421 g/mol. The van der Waals surface area contributed by atoms with Gasteiger partial charge >= 0.3 is 6.18 Å². The number of aromatic amines is 1. The minimum atomic E-state index is -4.55. The number of nitrogens with one attached hydrogen (secondary N) is 1. The molecule has 0 radical (unpaired) electrons. The first-order valence-corrected chi connectivity index (χ1v) is 10.8. The Morgan fingerprint density at radius 3 is 2.69 bits per heavy atom. The molecule has 1 spiro atoms. The minimum absolute atomic E-state index is 0.0491. The fraction of sp³-hybridized carbons (Fsp3) is 0.524. The molecule has 2 atom stereocenters. The molecule has 1 unspecified atom stereocenters. The van der Waals surface area contributed by atoms with Gasteiger partial charge in [0.1, 0.15) is 18.0 Å². The van der Waals surface area contributed by atoms with Crippen molar-refractivity contribution < 1.29 is 13.2 Å². The van der Waals surface area contributed by atoms with Gasteiger partial charge in [-0.2, -0.15) is 23.4 Å². The molecule has 0 amide bonds. The van der Waals surface area contributed by atoms with Gasteiger partial charge in [0.25, 0.3) is 0 Å². The maximum Gasteiger partial charge on any atom is 0.419 e. The van der Waals surface area contributed by atoms with E-state index in [1.165, 1.54) is 19.0 Å². The van der Waals surface area contributed by atoms with Crippen LogP contribution in [0.15, 0.2) is 24.7 Å². The average Bonchev–Trinajstić information content (AvgIpc) is 3.15. The van der Waals surface area contributed by atoms with Gasteiger partial charge in [0.2, 0.25) is 0 Å². The number of halogens is 3. The van der Waals surface area contributed by atoms with Crippen molar-refractivity contribution >= 4 is 5.82 Å². The summed E-state index contributed by atoms with van der Waals surface area (Å²) in [5.41, 5.74) is 6.41. The van der Waals surface area contributed by atoms with Crippen LogP contribution in [0.3, 0.4) is 0 Å². The predicted molar refractivity (Wildman–Crippen MR) is 109 cm³/mol. The molecule has 1 aliphatic carbocycles. The summed E-state index contributed by atoms with van der Waals surface area (Å²) in [6, 6.07) is 3.22. The van der Waals surface area contributed by atoms with Crippen LogP contribution in [0.5, 0.6) is 0 Å². The normalized spacial score (nSPS) is 24.3. The first kappa shape index (κ1) is 19.7. The highest BCUT2D eigenvalue weighted by molar-refractivity contribution is 5.63. The predicted octanol–water partition coefficient (Wildman–Crippen LogP) is 3.16.